The van der Waals surface area contributed by atoms with Gasteiger partial charge in [-0.25, -0.2) is 4.57 Å². The van der Waals surface area contributed by atoms with E-state index >= 15 is 0 Å². The van der Waals surface area contributed by atoms with Gasteiger partial charge in [0.15, 0.2) is 0 Å². The van der Waals surface area contributed by atoms with E-state index in [2.05, 4.69) is 43.5 Å². The van der Waals surface area contributed by atoms with Crippen LogP contribution in [-0.4, -0.2) is 73.4 Å². The first-order valence-electron chi connectivity index (χ1n) is 33.9. The predicted octanol–water partition coefficient (Wildman–Crippen LogP) is 21.3. The quantitative estimate of drug-likeness (QED) is 0.0243. The molecule has 0 saturated heterocycles. The van der Waals surface area contributed by atoms with Crippen molar-refractivity contribution in [3.63, 3.8) is 0 Å². The first-order valence-corrected chi connectivity index (χ1v) is 35.4. The van der Waals surface area contributed by atoms with E-state index in [1.165, 1.54) is 276 Å². The van der Waals surface area contributed by atoms with Crippen LogP contribution in [0.5, 0.6) is 0 Å². The van der Waals surface area contributed by atoms with Crippen molar-refractivity contribution in [3.05, 3.63) is 36.5 Å². The second-order valence-corrected chi connectivity index (χ2v) is 26.0. The third kappa shape index (κ3) is 62.2. The van der Waals surface area contributed by atoms with Crippen LogP contribution in [0.4, 0.5) is 0 Å². The molecule has 3 unspecified atom stereocenters. The molecule has 0 aliphatic heterocycles. The Morgan fingerprint density at radius 2 is 0.714 bits per heavy atom. The Morgan fingerprint density at radius 3 is 1.04 bits per heavy atom. The zero-order valence-electron chi connectivity index (χ0n) is 52.2. The Morgan fingerprint density at radius 1 is 0.429 bits per heavy atom. The lowest BCUT2D eigenvalue weighted by Crippen LogP contribution is -2.45. The van der Waals surface area contributed by atoms with Crippen LogP contribution in [0.15, 0.2) is 36.5 Å². The maximum atomic E-state index is 13.0. The van der Waals surface area contributed by atoms with E-state index in [1.807, 2.05) is 27.2 Å². The van der Waals surface area contributed by atoms with Gasteiger partial charge in [-0.3, -0.25) is 13.8 Å². The van der Waals surface area contributed by atoms with Crippen molar-refractivity contribution in [1.82, 2.24) is 5.32 Å². The van der Waals surface area contributed by atoms with E-state index in [0.29, 0.717) is 17.4 Å². The predicted molar refractivity (Wildman–Crippen MR) is 337 cm³/mol. The summed E-state index contributed by atoms with van der Waals surface area (Å²) in [6, 6.07) is -0.869. The molecule has 9 heteroatoms. The number of phosphoric acid groups is 1. The summed E-state index contributed by atoms with van der Waals surface area (Å²) in [7, 11) is 1.56. The van der Waals surface area contributed by atoms with E-state index in [9.17, 15) is 19.4 Å². The first kappa shape index (κ1) is 75.7. The molecule has 0 aromatic heterocycles. The van der Waals surface area contributed by atoms with Crippen LogP contribution in [0, 0.1) is 0 Å². The third-order valence-electron chi connectivity index (χ3n) is 15.6. The molecule has 0 saturated carbocycles. The topological polar surface area (TPSA) is 105 Å². The van der Waals surface area contributed by atoms with Gasteiger partial charge in [-0.15, -0.1) is 0 Å². The smallest absolute Gasteiger partial charge is 0.387 e. The van der Waals surface area contributed by atoms with E-state index in [-0.39, 0.29) is 19.1 Å². The van der Waals surface area contributed by atoms with Crippen molar-refractivity contribution in [3.8, 4) is 0 Å². The van der Waals surface area contributed by atoms with Crippen molar-refractivity contribution in [2.45, 2.75) is 353 Å². The molecule has 0 radical (unpaired) electrons. The summed E-state index contributed by atoms with van der Waals surface area (Å²) >= 11 is 0. The van der Waals surface area contributed by atoms with E-state index in [4.69, 9.17) is 9.05 Å². The molecular weight excluding hydrogens is 972 g/mol. The van der Waals surface area contributed by atoms with Crippen LogP contribution in [0.3, 0.4) is 0 Å². The van der Waals surface area contributed by atoms with Gasteiger partial charge >= 0.3 is 7.82 Å². The molecule has 3 atom stereocenters. The summed E-state index contributed by atoms with van der Waals surface area (Å²) in [4.78, 5) is 23.4. The van der Waals surface area contributed by atoms with Gasteiger partial charge < -0.3 is 19.8 Å². The van der Waals surface area contributed by atoms with Gasteiger partial charge in [0.25, 0.3) is 0 Å². The Bertz CT molecular complexity index is 1350. The van der Waals surface area contributed by atoms with Gasteiger partial charge in [0.05, 0.1) is 39.9 Å². The number of carbonyl (C=O) groups is 1. The lowest BCUT2D eigenvalue weighted by Gasteiger charge is -2.25. The molecular formula is C68H134N2O6P+. The minimum atomic E-state index is -4.36. The number of nitrogens with zero attached hydrogens (tertiary/aromatic N) is 1. The van der Waals surface area contributed by atoms with E-state index < -0.39 is 20.0 Å². The van der Waals surface area contributed by atoms with Gasteiger partial charge in [0, 0.05) is 6.42 Å². The number of unbranched alkanes of at least 4 members (excludes halogenated alkanes) is 46. The van der Waals surface area contributed by atoms with Gasteiger partial charge in [-0.05, 0) is 44.9 Å². The third-order valence-corrected chi connectivity index (χ3v) is 16.6. The lowest BCUT2D eigenvalue weighted by atomic mass is 10.0. The molecule has 0 rings (SSSR count). The Balaban J connectivity index is 4.11. The standard InChI is InChI=1S/C68H133N2O6P/c1-6-8-10-12-14-16-18-20-22-24-26-28-30-32-33-34-35-36-38-40-42-44-46-48-50-52-54-56-58-60-62-68(72)69-66(65-76-77(73,74)75-64-63-70(3,4)5)67(71)61-59-57-55-53-51-49-47-45-43-41-39-37-31-29-27-25-23-21-19-17-15-13-11-9-7-2/h43,45,51,53,59,61,66-67,71H,6-42,44,46-50,52,54-58,60,62-65H2,1-5H3,(H-,69,72,73,74)/p+1/b45-43+,53-51+,61-59+. The highest BCUT2D eigenvalue weighted by Gasteiger charge is 2.28. The van der Waals surface area contributed by atoms with Crippen LogP contribution in [0.1, 0.15) is 341 Å². The highest BCUT2D eigenvalue weighted by atomic mass is 31.2. The number of quaternary nitrogens is 1. The second kappa shape index (κ2) is 59.3. The number of hydrogen-bond donors (Lipinski definition) is 3. The van der Waals surface area contributed by atoms with Crippen LogP contribution in [0.25, 0.3) is 0 Å². The number of aliphatic hydroxyl groups is 1. The molecule has 77 heavy (non-hydrogen) atoms. The maximum Gasteiger partial charge on any atom is 0.472 e. The molecule has 3 N–H and O–H groups in total. The number of likely N-dealkylation sites (N-methyl/N-ethyl adjacent to an activating group) is 1. The fourth-order valence-electron chi connectivity index (χ4n) is 10.3. The van der Waals surface area contributed by atoms with Gasteiger partial charge in [0.2, 0.25) is 5.91 Å². The summed E-state index contributed by atoms with van der Waals surface area (Å²) in [5.41, 5.74) is 0. The fourth-order valence-corrected chi connectivity index (χ4v) is 11.1. The first-order chi connectivity index (χ1) is 37.5. The number of phosphoric ester groups is 1. The van der Waals surface area contributed by atoms with Gasteiger partial charge in [-0.2, -0.15) is 0 Å². The second-order valence-electron chi connectivity index (χ2n) is 24.5. The molecule has 0 aliphatic rings. The summed E-state index contributed by atoms with van der Waals surface area (Å²) in [6.45, 7) is 4.84. The molecule has 8 nitrogen and oxygen atoms in total. The molecule has 1 amide bonds. The molecule has 0 heterocycles. The zero-order chi connectivity index (χ0) is 56.3. The average molecular weight is 1110 g/mol. The van der Waals surface area contributed by atoms with Crippen molar-refractivity contribution in [2.75, 3.05) is 40.9 Å². The molecule has 0 aliphatic carbocycles. The molecule has 0 bridgehead atoms. The molecule has 0 aromatic carbocycles. The van der Waals surface area contributed by atoms with E-state index in [0.717, 1.165) is 44.9 Å². The van der Waals surface area contributed by atoms with Crippen molar-refractivity contribution >= 4 is 13.7 Å². The number of amides is 1. The highest BCUT2D eigenvalue weighted by Crippen LogP contribution is 2.43. The lowest BCUT2D eigenvalue weighted by molar-refractivity contribution is -0.870. The Labute approximate surface area is 480 Å². The SMILES string of the molecule is CCCCCCCCCCCCCCCCC/C=C/CC/C=C/CC/C=C/C(O)C(COP(=O)(O)OCC[N+](C)(C)C)NC(=O)CCCCCCCCCCCCCCCCCCCCCCCCCCCCCCCC. The molecule has 456 valence electrons. The van der Waals surface area contributed by atoms with Crippen molar-refractivity contribution < 1.29 is 32.9 Å². The normalized spacial score (nSPS) is 13.9. The summed E-state index contributed by atoms with van der Waals surface area (Å²) < 4.78 is 23.8. The van der Waals surface area contributed by atoms with Crippen molar-refractivity contribution in [2.24, 2.45) is 0 Å². The summed E-state index contributed by atoms with van der Waals surface area (Å²) in [5.74, 6) is -0.184. The Hall–Kier alpha value is -1.28. The number of aliphatic hydroxyl groups excluding tert-OH is 1. The van der Waals surface area contributed by atoms with Gasteiger partial charge in [-0.1, -0.05) is 326 Å². The number of nitrogens with one attached hydrogen (secondary N) is 1. The number of carbonyl (C=O) groups excluding carboxylic acids is 1. The van der Waals surface area contributed by atoms with Crippen LogP contribution >= 0.6 is 7.82 Å². The van der Waals surface area contributed by atoms with Crippen LogP contribution < -0.4 is 5.32 Å². The van der Waals surface area contributed by atoms with E-state index in [1.54, 1.807) is 6.08 Å². The minimum Gasteiger partial charge on any atom is -0.387 e. The molecule has 0 spiro atoms. The largest absolute Gasteiger partial charge is 0.472 e. The monoisotopic (exact) mass is 1110 g/mol. The molecule has 0 aromatic rings. The van der Waals surface area contributed by atoms with Gasteiger partial charge in [0.1, 0.15) is 13.2 Å². The van der Waals surface area contributed by atoms with Crippen molar-refractivity contribution in [1.29, 1.82) is 0 Å². The number of allylic oxidation sites excluding steroid dienone is 5. The average Bonchev–Trinajstić information content (AvgIpc) is 3.39. The molecule has 0 fully saturated rings. The minimum absolute atomic E-state index is 0.0554. The number of hydrogen-bond acceptors (Lipinski definition) is 5. The maximum absolute atomic E-state index is 13.0. The fraction of sp³-hybridized carbons (Fsp3) is 0.897. The summed E-state index contributed by atoms with van der Waals surface area (Å²) in [6.07, 6.45) is 78.7. The highest BCUT2D eigenvalue weighted by molar-refractivity contribution is 7.47. The zero-order valence-corrected chi connectivity index (χ0v) is 53.1. The van der Waals surface area contributed by atoms with Crippen LogP contribution in [-0.2, 0) is 18.4 Å². The van der Waals surface area contributed by atoms with Crippen LogP contribution in [0.2, 0.25) is 0 Å². The summed E-state index contributed by atoms with van der Waals surface area (Å²) in [5, 5.41) is 14.0. The number of rotatable bonds is 63. The Kier molecular flexibility index (Phi) is 58.4.